The SMILES string of the molecule is Cc1cc(F)c(O)c([C@H](N2CCNCC2)C(F)(F)F)c1.Cl.Cl. The van der Waals surface area contributed by atoms with E-state index in [0.29, 0.717) is 18.7 Å². The fourth-order valence-corrected chi connectivity index (χ4v) is 2.49. The van der Waals surface area contributed by atoms with Crippen LogP contribution in [-0.2, 0) is 0 Å². The number of benzene rings is 1. The smallest absolute Gasteiger partial charge is 0.408 e. The summed E-state index contributed by atoms with van der Waals surface area (Å²) in [6.45, 7) is 2.75. The number of rotatable bonds is 2. The first kappa shape index (κ1) is 21.2. The minimum absolute atomic E-state index is 0. The van der Waals surface area contributed by atoms with Crippen LogP contribution >= 0.6 is 24.8 Å². The summed E-state index contributed by atoms with van der Waals surface area (Å²) in [5, 5.41) is 12.6. The van der Waals surface area contributed by atoms with Crippen molar-refractivity contribution in [3.63, 3.8) is 0 Å². The van der Waals surface area contributed by atoms with Crippen LogP contribution in [0.4, 0.5) is 17.6 Å². The molecule has 1 aliphatic heterocycles. The third kappa shape index (κ3) is 4.62. The molecular weight excluding hydrogens is 347 g/mol. The highest BCUT2D eigenvalue weighted by molar-refractivity contribution is 5.85. The maximum Gasteiger partial charge on any atom is 0.408 e. The molecule has 1 aliphatic rings. The summed E-state index contributed by atoms with van der Waals surface area (Å²) in [5.41, 5.74) is -0.0726. The Balaban J connectivity index is 0.00000220. The summed E-state index contributed by atoms with van der Waals surface area (Å²) >= 11 is 0. The summed E-state index contributed by atoms with van der Waals surface area (Å²) in [6, 6.07) is 0.224. The number of alkyl halides is 3. The molecule has 0 spiro atoms. The molecule has 128 valence electrons. The zero-order valence-corrected chi connectivity index (χ0v) is 13.4. The van der Waals surface area contributed by atoms with E-state index in [2.05, 4.69) is 5.32 Å². The minimum Gasteiger partial charge on any atom is -0.505 e. The second kappa shape index (κ2) is 8.19. The fraction of sp³-hybridized carbons (Fsp3) is 0.538. The number of phenolic OH excluding ortho intramolecular Hbond substituents is 1. The summed E-state index contributed by atoms with van der Waals surface area (Å²) in [5.74, 6) is -1.94. The molecule has 1 aromatic carbocycles. The van der Waals surface area contributed by atoms with E-state index in [9.17, 15) is 22.7 Å². The summed E-state index contributed by atoms with van der Waals surface area (Å²) in [6.07, 6.45) is -4.57. The predicted octanol–water partition coefficient (Wildman–Crippen LogP) is 3.19. The molecule has 0 aromatic heterocycles. The van der Waals surface area contributed by atoms with Crippen molar-refractivity contribution in [2.75, 3.05) is 26.2 Å². The molecule has 9 heteroatoms. The Bertz CT molecular complexity index is 494. The lowest BCUT2D eigenvalue weighted by atomic mass is 10.00. The first-order chi connectivity index (χ1) is 9.30. The van der Waals surface area contributed by atoms with Crippen LogP contribution in [0.2, 0.25) is 0 Å². The van der Waals surface area contributed by atoms with Crippen LogP contribution in [-0.4, -0.2) is 42.4 Å². The monoisotopic (exact) mass is 364 g/mol. The van der Waals surface area contributed by atoms with Gasteiger partial charge in [0.2, 0.25) is 0 Å². The van der Waals surface area contributed by atoms with Crippen molar-refractivity contribution >= 4 is 24.8 Å². The van der Waals surface area contributed by atoms with Gasteiger partial charge in [0.1, 0.15) is 6.04 Å². The van der Waals surface area contributed by atoms with Gasteiger partial charge >= 0.3 is 6.18 Å². The third-order valence-corrected chi connectivity index (χ3v) is 3.36. The second-order valence-corrected chi connectivity index (χ2v) is 4.91. The zero-order chi connectivity index (χ0) is 14.9. The van der Waals surface area contributed by atoms with E-state index in [1.807, 2.05) is 0 Å². The van der Waals surface area contributed by atoms with E-state index in [0.717, 1.165) is 6.07 Å². The number of aromatic hydroxyl groups is 1. The van der Waals surface area contributed by atoms with Gasteiger partial charge in [-0.15, -0.1) is 24.8 Å². The van der Waals surface area contributed by atoms with Gasteiger partial charge in [0.05, 0.1) is 0 Å². The van der Waals surface area contributed by atoms with Crippen molar-refractivity contribution in [3.8, 4) is 5.75 Å². The van der Waals surface area contributed by atoms with Gasteiger partial charge in [-0.1, -0.05) is 6.07 Å². The lowest BCUT2D eigenvalue weighted by Crippen LogP contribution is -2.49. The quantitative estimate of drug-likeness (QED) is 0.791. The molecule has 1 heterocycles. The number of hydrogen-bond acceptors (Lipinski definition) is 3. The Morgan fingerprint density at radius 2 is 1.73 bits per heavy atom. The molecule has 0 aliphatic carbocycles. The average Bonchev–Trinajstić information content (AvgIpc) is 2.35. The first-order valence-electron chi connectivity index (χ1n) is 6.31. The number of aryl methyl sites for hydroxylation is 1. The van der Waals surface area contributed by atoms with Gasteiger partial charge in [0.15, 0.2) is 11.6 Å². The maximum atomic E-state index is 13.5. The van der Waals surface area contributed by atoms with Crippen LogP contribution in [0, 0.1) is 12.7 Å². The van der Waals surface area contributed by atoms with Crippen molar-refractivity contribution in [1.82, 2.24) is 10.2 Å². The van der Waals surface area contributed by atoms with Gasteiger partial charge in [-0.2, -0.15) is 13.2 Å². The lowest BCUT2D eigenvalue weighted by molar-refractivity contribution is -0.188. The highest BCUT2D eigenvalue weighted by Crippen LogP contribution is 2.42. The van der Waals surface area contributed by atoms with Crippen LogP contribution < -0.4 is 5.32 Å². The molecule has 0 radical (unpaired) electrons. The normalized spacial score (nSPS) is 17.3. The lowest BCUT2D eigenvalue weighted by Gasteiger charge is -2.36. The molecule has 1 aromatic rings. The third-order valence-electron chi connectivity index (χ3n) is 3.36. The van der Waals surface area contributed by atoms with E-state index in [4.69, 9.17) is 0 Å². The molecule has 0 bridgehead atoms. The van der Waals surface area contributed by atoms with Gasteiger partial charge < -0.3 is 10.4 Å². The van der Waals surface area contributed by atoms with Gasteiger partial charge in [-0.3, -0.25) is 4.90 Å². The topological polar surface area (TPSA) is 35.5 Å². The van der Waals surface area contributed by atoms with Crippen molar-refractivity contribution in [2.45, 2.75) is 19.1 Å². The Hall–Kier alpha value is -0.760. The average molecular weight is 365 g/mol. The molecule has 22 heavy (non-hydrogen) atoms. The summed E-state index contributed by atoms with van der Waals surface area (Å²) in [7, 11) is 0. The van der Waals surface area contributed by atoms with E-state index < -0.39 is 29.3 Å². The fourth-order valence-electron chi connectivity index (χ4n) is 2.49. The van der Waals surface area contributed by atoms with Gasteiger partial charge in [-0.05, 0) is 18.6 Å². The molecular formula is C13H18Cl2F4N2O. The maximum absolute atomic E-state index is 13.5. The number of piperazine rings is 1. The number of halogens is 6. The predicted molar refractivity (Wildman–Crippen MR) is 80.5 cm³/mol. The van der Waals surface area contributed by atoms with Crippen molar-refractivity contribution in [1.29, 1.82) is 0 Å². The van der Waals surface area contributed by atoms with Crippen LogP contribution in [0.15, 0.2) is 12.1 Å². The summed E-state index contributed by atoms with van der Waals surface area (Å²) < 4.78 is 53.5. The number of hydrogen-bond donors (Lipinski definition) is 2. The van der Waals surface area contributed by atoms with Gasteiger partial charge in [0.25, 0.3) is 0 Å². The van der Waals surface area contributed by atoms with Gasteiger partial charge in [-0.25, -0.2) is 4.39 Å². The molecule has 2 rings (SSSR count). The number of nitrogens with zero attached hydrogens (tertiary/aromatic N) is 1. The molecule has 0 unspecified atom stereocenters. The Morgan fingerprint density at radius 3 is 2.23 bits per heavy atom. The minimum atomic E-state index is -4.57. The highest BCUT2D eigenvalue weighted by atomic mass is 35.5. The molecule has 0 amide bonds. The Morgan fingerprint density at radius 1 is 1.18 bits per heavy atom. The van der Waals surface area contributed by atoms with Gasteiger partial charge in [0, 0.05) is 31.7 Å². The largest absolute Gasteiger partial charge is 0.505 e. The van der Waals surface area contributed by atoms with Crippen molar-refractivity contribution in [3.05, 3.63) is 29.1 Å². The Kier molecular flexibility index (Phi) is 7.91. The molecule has 0 saturated carbocycles. The Labute approximate surface area is 138 Å². The van der Waals surface area contributed by atoms with Crippen LogP contribution in [0.25, 0.3) is 0 Å². The van der Waals surface area contributed by atoms with Crippen molar-refractivity contribution < 1.29 is 22.7 Å². The van der Waals surface area contributed by atoms with Crippen molar-refractivity contribution in [2.24, 2.45) is 0 Å². The standard InChI is InChI=1S/C13H16F4N2O.2ClH/c1-8-6-9(11(20)10(14)7-8)12(13(15,16)17)19-4-2-18-3-5-19;;/h6-7,12,18,20H,2-5H2,1H3;2*1H/t12-;;/m0../s1. The molecule has 1 fully saturated rings. The number of nitrogens with one attached hydrogen (secondary N) is 1. The van der Waals surface area contributed by atoms with Crippen LogP contribution in [0.3, 0.4) is 0 Å². The van der Waals surface area contributed by atoms with E-state index in [1.165, 1.54) is 17.9 Å². The number of phenols is 1. The molecule has 3 nitrogen and oxygen atoms in total. The zero-order valence-electron chi connectivity index (χ0n) is 11.8. The van der Waals surface area contributed by atoms with Crippen LogP contribution in [0.5, 0.6) is 5.75 Å². The van der Waals surface area contributed by atoms with E-state index in [1.54, 1.807) is 0 Å². The molecule has 1 saturated heterocycles. The first-order valence-corrected chi connectivity index (χ1v) is 6.31. The van der Waals surface area contributed by atoms with Crippen LogP contribution in [0.1, 0.15) is 17.2 Å². The second-order valence-electron chi connectivity index (χ2n) is 4.91. The molecule has 2 N–H and O–H groups in total. The summed E-state index contributed by atoms with van der Waals surface area (Å²) in [4.78, 5) is 1.21. The molecule has 1 atom stereocenters. The van der Waals surface area contributed by atoms with E-state index >= 15 is 0 Å². The highest BCUT2D eigenvalue weighted by Gasteiger charge is 2.46. The van der Waals surface area contributed by atoms with E-state index in [-0.39, 0.29) is 37.9 Å².